The van der Waals surface area contributed by atoms with Gasteiger partial charge in [-0.05, 0) is 46.4 Å². The van der Waals surface area contributed by atoms with Crippen LogP contribution >= 0.6 is 0 Å². The quantitative estimate of drug-likeness (QED) is 0.263. The number of hydrogen-bond acceptors (Lipinski definition) is 3. The first-order chi connectivity index (χ1) is 16.7. The molecule has 2 aromatic heterocycles. The molecule has 0 saturated heterocycles. The van der Waals surface area contributed by atoms with E-state index in [2.05, 4.69) is 36.2 Å². The fraction of sp³-hybridized carbons (Fsp3) is 0.167. The lowest BCUT2D eigenvalue weighted by molar-refractivity contribution is -0.139. The topological polar surface area (TPSA) is 63.1 Å². The van der Waals surface area contributed by atoms with E-state index in [0.717, 1.165) is 62.5 Å². The molecule has 4 heteroatoms. The minimum atomic E-state index is -0.762. The van der Waals surface area contributed by atoms with Gasteiger partial charge in [-0.3, -0.25) is 14.8 Å². The first-order valence-corrected chi connectivity index (χ1v) is 11.7. The molecule has 0 spiro atoms. The highest BCUT2D eigenvalue weighted by Gasteiger charge is 2.19. The lowest BCUT2D eigenvalue weighted by Crippen LogP contribution is -2.11. The largest absolute Gasteiger partial charge is 0.481 e. The van der Waals surface area contributed by atoms with Crippen molar-refractivity contribution in [2.45, 2.75) is 32.1 Å². The van der Waals surface area contributed by atoms with Crippen molar-refractivity contribution in [2.24, 2.45) is 0 Å². The van der Waals surface area contributed by atoms with Crippen LogP contribution in [-0.2, 0) is 4.79 Å². The van der Waals surface area contributed by atoms with Crippen LogP contribution in [0.1, 0.15) is 37.7 Å². The summed E-state index contributed by atoms with van der Waals surface area (Å²) in [5, 5.41) is 11.8. The maximum absolute atomic E-state index is 11.8. The average Bonchev–Trinajstić information content (AvgIpc) is 2.89. The van der Waals surface area contributed by atoms with Crippen molar-refractivity contribution in [1.82, 2.24) is 9.97 Å². The molecule has 0 fully saturated rings. The smallest absolute Gasteiger partial charge is 0.310 e. The molecular formula is C30H26N2O2. The lowest BCUT2D eigenvalue weighted by Gasteiger charge is -2.14. The summed E-state index contributed by atoms with van der Waals surface area (Å²) in [4.78, 5) is 21.2. The Morgan fingerprint density at radius 3 is 1.85 bits per heavy atom. The summed E-state index contributed by atoms with van der Waals surface area (Å²) in [6, 6.07) is 26.5. The molecule has 0 aliphatic heterocycles. The van der Waals surface area contributed by atoms with Gasteiger partial charge in [0.1, 0.15) is 0 Å². The summed E-state index contributed by atoms with van der Waals surface area (Å²) in [6.07, 6.45) is 6.21. The molecule has 4 nitrogen and oxygen atoms in total. The number of nitrogens with zero attached hydrogens (tertiary/aromatic N) is 2. The van der Waals surface area contributed by atoms with Crippen molar-refractivity contribution in [1.29, 1.82) is 0 Å². The number of carboxylic acid groups (broad SMARTS) is 1. The van der Waals surface area contributed by atoms with Crippen LogP contribution < -0.4 is 0 Å². The van der Waals surface area contributed by atoms with E-state index in [1.165, 1.54) is 0 Å². The molecule has 0 radical (unpaired) electrons. The molecule has 34 heavy (non-hydrogen) atoms. The minimum Gasteiger partial charge on any atom is -0.481 e. The fourth-order valence-electron chi connectivity index (χ4n) is 4.69. The number of unbranched alkanes of at least 4 members (excludes halogenated alkanes) is 1. The lowest BCUT2D eigenvalue weighted by atomic mass is 9.91. The van der Waals surface area contributed by atoms with E-state index in [0.29, 0.717) is 6.42 Å². The number of pyridine rings is 2. The van der Waals surface area contributed by atoms with E-state index in [4.69, 9.17) is 4.98 Å². The van der Waals surface area contributed by atoms with E-state index in [9.17, 15) is 9.90 Å². The van der Waals surface area contributed by atoms with Crippen LogP contribution in [0.5, 0.6) is 0 Å². The van der Waals surface area contributed by atoms with Crippen molar-refractivity contribution in [2.75, 3.05) is 0 Å². The molecule has 2 heterocycles. The van der Waals surface area contributed by atoms with Gasteiger partial charge >= 0.3 is 5.97 Å². The van der Waals surface area contributed by atoms with Crippen molar-refractivity contribution in [3.8, 4) is 22.3 Å². The second kappa shape index (κ2) is 9.44. The normalized spacial score (nSPS) is 12.1. The summed E-state index contributed by atoms with van der Waals surface area (Å²) >= 11 is 0. The van der Waals surface area contributed by atoms with Crippen molar-refractivity contribution in [3.63, 3.8) is 0 Å². The highest BCUT2D eigenvalue weighted by Crippen LogP contribution is 2.35. The zero-order chi connectivity index (χ0) is 23.5. The molecule has 0 saturated carbocycles. The average molecular weight is 447 g/mol. The van der Waals surface area contributed by atoms with Crippen LogP contribution in [0.25, 0.3) is 44.1 Å². The van der Waals surface area contributed by atoms with Crippen LogP contribution in [0, 0.1) is 0 Å². The van der Waals surface area contributed by atoms with Crippen molar-refractivity contribution >= 4 is 27.8 Å². The van der Waals surface area contributed by atoms with Gasteiger partial charge in [0.2, 0.25) is 0 Å². The predicted octanol–water partition coefficient (Wildman–Crippen LogP) is 7.48. The second-order valence-corrected chi connectivity index (χ2v) is 8.60. The molecular weight excluding hydrogens is 420 g/mol. The van der Waals surface area contributed by atoms with Gasteiger partial charge in [0.05, 0.1) is 17.0 Å². The Hall–Kier alpha value is -4.05. The number of carbonyl (C=O) groups is 1. The Morgan fingerprint density at radius 1 is 0.765 bits per heavy atom. The summed E-state index contributed by atoms with van der Waals surface area (Å²) in [5.41, 5.74) is 6.97. The molecule has 0 aliphatic carbocycles. The Bertz CT molecular complexity index is 1460. The Kier molecular flexibility index (Phi) is 6.05. The van der Waals surface area contributed by atoms with Crippen molar-refractivity contribution < 1.29 is 9.90 Å². The molecule has 1 N–H and O–H groups in total. The first kappa shape index (κ1) is 21.8. The molecule has 0 bridgehead atoms. The SMILES string of the molecule is CCCCC(C(=O)O)c1ccc(-c2ccnc3c2ccc2c(-c4ccccc4)ccnc23)cc1. The van der Waals surface area contributed by atoms with Gasteiger partial charge in [-0.25, -0.2) is 0 Å². The van der Waals surface area contributed by atoms with Gasteiger partial charge in [0.25, 0.3) is 0 Å². The highest BCUT2D eigenvalue weighted by molar-refractivity contribution is 6.11. The van der Waals surface area contributed by atoms with E-state index in [-0.39, 0.29) is 0 Å². The maximum Gasteiger partial charge on any atom is 0.310 e. The Labute approximate surface area is 198 Å². The van der Waals surface area contributed by atoms with Gasteiger partial charge in [0, 0.05) is 23.2 Å². The number of aliphatic carboxylic acids is 1. The number of carboxylic acids is 1. The third-order valence-corrected chi connectivity index (χ3v) is 6.47. The monoisotopic (exact) mass is 446 g/mol. The summed E-state index contributed by atoms with van der Waals surface area (Å²) < 4.78 is 0. The number of benzene rings is 3. The molecule has 5 rings (SSSR count). The molecule has 0 aliphatic rings. The Balaban J connectivity index is 1.59. The van der Waals surface area contributed by atoms with E-state index in [1.54, 1.807) is 0 Å². The van der Waals surface area contributed by atoms with Crippen LogP contribution in [-0.4, -0.2) is 21.0 Å². The molecule has 3 aromatic carbocycles. The van der Waals surface area contributed by atoms with Crippen LogP contribution in [0.15, 0.2) is 91.3 Å². The molecule has 168 valence electrons. The van der Waals surface area contributed by atoms with Gasteiger partial charge in [-0.15, -0.1) is 0 Å². The minimum absolute atomic E-state index is 0.465. The van der Waals surface area contributed by atoms with Crippen LogP contribution in [0.2, 0.25) is 0 Å². The highest BCUT2D eigenvalue weighted by atomic mass is 16.4. The zero-order valence-corrected chi connectivity index (χ0v) is 19.1. The summed E-state index contributed by atoms with van der Waals surface area (Å²) in [7, 11) is 0. The second-order valence-electron chi connectivity index (χ2n) is 8.60. The van der Waals surface area contributed by atoms with Gasteiger partial charge in [-0.1, -0.05) is 86.5 Å². The van der Waals surface area contributed by atoms with Crippen LogP contribution in [0.3, 0.4) is 0 Å². The molecule has 1 atom stereocenters. The summed E-state index contributed by atoms with van der Waals surface area (Å²) in [5.74, 6) is -1.23. The van der Waals surface area contributed by atoms with Gasteiger partial charge in [0.15, 0.2) is 0 Å². The van der Waals surface area contributed by atoms with E-state index in [1.807, 2.05) is 67.0 Å². The number of aromatic nitrogens is 2. The number of rotatable bonds is 7. The van der Waals surface area contributed by atoms with Crippen molar-refractivity contribution in [3.05, 3.63) is 96.8 Å². The third-order valence-electron chi connectivity index (χ3n) is 6.47. The number of fused-ring (bicyclic) bond motifs is 3. The van der Waals surface area contributed by atoms with Gasteiger partial charge in [-0.2, -0.15) is 0 Å². The molecule has 1 unspecified atom stereocenters. The van der Waals surface area contributed by atoms with E-state index >= 15 is 0 Å². The van der Waals surface area contributed by atoms with Gasteiger partial charge < -0.3 is 5.11 Å². The molecule has 0 amide bonds. The Morgan fingerprint density at radius 2 is 1.32 bits per heavy atom. The third kappa shape index (κ3) is 4.03. The van der Waals surface area contributed by atoms with Crippen LogP contribution in [0.4, 0.5) is 0 Å². The maximum atomic E-state index is 11.8. The number of hydrogen-bond donors (Lipinski definition) is 1. The standard InChI is InChI=1S/C30H26N2O2/c1-2-3-9-25(30(33)34)22-12-10-21(11-13-22)24-17-19-32-29-27(24)15-14-26-23(16-18-31-28(26)29)20-7-5-4-6-8-20/h4-8,10-19,25H,2-3,9H2,1H3,(H,33,34). The first-order valence-electron chi connectivity index (χ1n) is 11.7. The molecule has 5 aromatic rings. The fourth-order valence-corrected chi connectivity index (χ4v) is 4.69. The zero-order valence-electron chi connectivity index (χ0n) is 19.1. The summed E-state index contributed by atoms with van der Waals surface area (Å²) in [6.45, 7) is 2.08. The predicted molar refractivity (Wildman–Crippen MR) is 138 cm³/mol. The van der Waals surface area contributed by atoms with E-state index < -0.39 is 11.9 Å².